The van der Waals surface area contributed by atoms with Crippen molar-refractivity contribution in [2.24, 2.45) is 28.1 Å². The molecule has 6 atom stereocenters. The first kappa shape index (κ1) is 29.6. The average Bonchev–Trinajstić information content (AvgIpc) is 2.91. The van der Waals surface area contributed by atoms with Gasteiger partial charge in [-0.15, -0.1) is 0 Å². The van der Waals surface area contributed by atoms with Gasteiger partial charge in [-0.2, -0.15) is 0 Å². The second-order valence-corrected chi connectivity index (χ2v) is 13.7. The van der Waals surface area contributed by atoms with Crippen LogP contribution in [0.25, 0.3) is 0 Å². The third-order valence-electron chi connectivity index (χ3n) is 10.6. The number of carbonyl (C=O) groups is 1. The summed E-state index contributed by atoms with van der Waals surface area (Å²) in [5.74, 6) is 0.219. The van der Waals surface area contributed by atoms with Gasteiger partial charge in [0, 0.05) is 6.04 Å². The van der Waals surface area contributed by atoms with Gasteiger partial charge in [-0.3, -0.25) is 4.79 Å². The van der Waals surface area contributed by atoms with Crippen molar-refractivity contribution in [2.45, 2.75) is 115 Å². The number of carboxylic acid groups (broad SMARTS) is 1. The maximum atomic E-state index is 12.0. The van der Waals surface area contributed by atoms with Crippen molar-refractivity contribution in [2.75, 3.05) is 0 Å². The summed E-state index contributed by atoms with van der Waals surface area (Å²) in [5, 5.41) is 20.8. The first-order valence-corrected chi connectivity index (χ1v) is 14.5. The number of hydrogen-bond donors (Lipinski definition) is 3. The summed E-state index contributed by atoms with van der Waals surface area (Å²) < 4.78 is 32.8. The van der Waals surface area contributed by atoms with Crippen molar-refractivity contribution in [1.29, 1.82) is 0 Å². The van der Waals surface area contributed by atoms with Crippen LogP contribution < -0.4 is 34.3 Å². The summed E-state index contributed by atoms with van der Waals surface area (Å²) in [7, 11) is -4.22. The van der Waals surface area contributed by atoms with E-state index in [-0.39, 0.29) is 52.3 Å². The van der Waals surface area contributed by atoms with Crippen LogP contribution in [0, 0.1) is 28.1 Å². The van der Waals surface area contributed by atoms with E-state index in [0.717, 1.165) is 95.5 Å². The smallest absolute Gasteiger partial charge is 0.735 e. The van der Waals surface area contributed by atoms with Crippen LogP contribution in [0.1, 0.15) is 104 Å². The zero-order valence-electron chi connectivity index (χ0n) is 21.8. The Balaban J connectivity index is 0.000000243. The Morgan fingerprint density at radius 2 is 1.63 bits per heavy atom. The quantitative estimate of drug-likeness (QED) is 0.295. The van der Waals surface area contributed by atoms with Crippen molar-refractivity contribution in [1.82, 2.24) is 4.72 Å². The van der Waals surface area contributed by atoms with Crippen LogP contribution in [0.4, 0.5) is 0 Å². The second kappa shape index (κ2) is 10.3. The minimum atomic E-state index is -4.22. The van der Waals surface area contributed by atoms with E-state index in [0.29, 0.717) is 5.92 Å². The van der Waals surface area contributed by atoms with Crippen LogP contribution in [0.5, 0.6) is 0 Å². The van der Waals surface area contributed by atoms with Gasteiger partial charge in [-0.05, 0) is 99.4 Å². The van der Waals surface area contributed by atoms with Gasteiger partial charge < -0.3 is 14.8 Å². The first-order chi connectivity index (χ1) is 15.7. The largest absolute Gasteiger partial charge is 1.00 e. The van der Waals surface area contributed by atoms with Crippen LogP contribution in [-0.4, -0.2) is 40.8 Å². The molecule has 2 bridgehead atoms. The molecule has 9 heteroatoms. The van der Waals surface area contributed by atoms with Crippen molar-refractivity contribution in [3.63, 3.8) is 0 Å². The summed E-state index contributed by atoms with van der Waals surface area (Å²) in [6.07, 6.45) is 13.6. The third kappa shape index (κ3) is 5.45. The molecular formula is C26H42NNaO6S. The Morgan fingerprint density at radius 1 is 1.00 bits per heavy atom. The molecule has 0 unspecified atom stereocenters. The molecule has 0 aromatic heterocycles. The van der Waals surface area contributed by atoms with Crippen molar-refractivity contribution >= 4 is 16.3 Å². The fraction of sp³-hybridized carbons (Fsp3) is 0.885. The Morgan fingerprint density at radius 3 is 2.23 bits per heavy atom. The van der Waals surface area contributed by atoms with Crippen LogP contribution in [0.2, 0.25) is 0 Å². The minimum absolute atomic E-state index is 0. The predicted octanol–water partition coefficient (Wildman–Crippen LogP) is 1.53. The Kier molecular flexibility index (Phi) is 8.72. The molecule has 5 fully saturated rings. The van der Waals surface area contributed by atoms with Gasteiger partial charge in [0.2, 0.25) is 0 Å². The van der Waals surface area contributed by atoms with Gasteiger partial charge in [0.15, 0.2) is 10.3 Å². The Hall–Kier alpha value is 0.0400. The molecule has 0 amide bonds. The van der Waals surface area contributed by atoms with Gasteiger partial charge in [-0.1, -0.05) is 39.2 Å². The van der Waals surface area contributed by atoms with Gasteiger partial charge in [0.25, 0.3) is 0 Å². The number of aliphatic hydroxyl groups is 1. The number of nitrogens with one attached hydrogen (secondary N) is 1. The van der Waals surface area contributed by atoms with E-state index in [9.17, 15) is 28.0 Å². The molecule has 35 heavy (non-hydrogen) atoms. The maximum absolute atomic E-state index is 12.0. The van der Waals surface area contributed by atoms with Gasteiger partial charge in [0.05, 0.1) is 11.0 Å². The number of fused-ring (bicyclic) bond motifs is 3. The molecule has 0 aromatic rings. The topological polar surface area (TPSA) is 127 Å². The molecular weight excluding hydrogens is 477 g/mol. The average molecular weight is 520 g/mol. The summed E-state index contributed by atoms with van der Waals surface area (Å²) in [6, 6.07) is -0.105. The van der Waals surface area contributed by atoms with Crippen molar-refractivity contribution < 1.29 is 57.5 Å². The summed E-state index contributed by atoms with van der Waals surface area (Å²) in [4.78, 5) is 12.0. The molecule has 0 saturated heterocycles. The fourth-order valence-corrected chi connectivity index (χ4v) is 9.67. The molecule has 5 aliphatic rings. The fourth-order valence-electron chi connectivity index (χ4n) is 9.03. The standard InChI is InChI=1S/C20H30O3.C6H13NO3S.Na/c1-13-11-19-9-5-14-17(2,7-4-8-18(14,3)16(21)22)15(19)6-10-20(13,23)12-19;8-11(9,10)7-6-4-2-1-3-5-6;/h14-15,23H,1,4-12H2,2-3H3,(H,21,22);6-7H,1-5H2,(H,8,9,10);/q;;+1/p-1/t14-,15-,17+,18+,19+,20-;;/m0../s1. The van der Waals surface area contributed by atoms with Gasteiger partial charge in [-0.25, -0.2) is 13.1 Å². The molecule has 0 aromatic carbocycles. The molecule has 0 aliphatic heterocycles. The van der Waals surface area contributed by atoms with E-state index >= 15 is 0 Å². The normalized spacial score (nSPS) is 43.1. The monoisotopic (exact) mass is 519 g/mol. The van der Waals surface area contributed by atoms with Crippen molar-refractivity contribution in [3.05, 3.63) is 12.2 Å². The molecule has 7 nitrogen and oxygen atoms in total. The Bertz CT molecular complexity index is 936. The summed E-state index contributed by atoms with van der Waals surface area (Å²) in [5.41, 5.74) is 0.128. The molecule has 194 valence electrons. The molecule has 0 heterocycles. The summed E-state index contributed by atoms with van der Waals surface area (Å²) >= 11 is 0. The molecule has 1 spiro atoms. The van der Waals surface area contributed by atoms with E-state index in [1.165, 1.54) is 0 Å². The minimum Gasteiger partial charge on any atom is -0.735 e. The molecule has 5 aliphatic carbocycles. The maximum Gasteiger partial charge on any atom is 1.00 e. The number of hydrogen-bond acceptors (Lipinski definition) is 5. The Labute approximate surface area is 233 Å². The van der Waals surface area contributed by atoms with Crippen LogP contribution in [0.15, 0.2) is 12.2 Å². The van der Waals surface area contributed by atoms with Gasteiger partial charge >= 0.3 is 35.5 Å². The predicted molar refractivity (Wildman–Crippen MR) is 129 cm³/mol. The summed E-state index contributed by atoms with van der Waals surface area (Å²) in [6.45, 7) is 8.55. The number of rotatable bonds is 3. The number of aliphatic carboxylic acids is 1. The van der Waals surface area contributed by atoms with E-state index in [1.807, 2.05) is 6.92 Å². The number of carboxylic acids is 1. The van der Waals surface area contributed by atoms with E-state index < -0.39 is 27.3 Å². The molecule has 0 radical (unpaired) electrons. The molecule has 5 rings (SSSR count). The van der Waals surface area contributed by atoms with Gasteiger partial charge in [0.1, 0.15) is 0 Å². The van der Waals surface area contributed by atoms with E-state index in [1.54, 1.807) is 0 Å². The third-order valence-corrected chi connectivity index (χ3v) is 11.2. The van der Waals surface area contributed by atoms with Crippen LogP contribution in [0.3, 0.4) is 0 Å². The van der Waals surface area contributed by atoms with Crippen LogP contribution >= 0.6 is 0 Å². The first-order valence-electron chi connectivity index (χ1n) is 13.1. The molecule has 5 saturated carbocycles. The SMILES string of the molecule is C=C1C[C@@]23CC[C@H]4[C@@](C)(CCC[C@@]4(C)C(=O)O)[C@@H]2CC[C@]1(O)C3.O=S(=O)([O-])NC1CCCCC1.[Na+]. The zero-order valence-corrected chi connectivity index (χ0v) is 24.6. The second-order valence-electron chi connectivity index (χ2n) is 12.5. The van der Waals surface area contributed by atoms with E-state index in [4.69, 9.17) is 0 Å². The zero-order chi connectivity index (χ0) is 25.0. The van der Waals surface area contributed by atoms with Crippen molar-refractivity contribution in [3.8, 4) is 0 Å². The van der Waals surface area contributed by atoms with E-state index in [2.05, 4.69) is 18.2 Å². The molecule has 3 N–H and O–H groups in total. The van der Waals surface area contributed by atoms with Crippen LogP contribution in [-0.2, 0) is 15.1 Å².